The summed E-state index contributed by atoms with van der Waals surface area (Å²) in [5, 5.41) is 5.67. The Hall–Kier alpha value is 1.61. The maximum Gasteiger partial charge on any atom is -0.0134 e. The fourth-order valence-corrected chi connectivity index (χ4v) is 37.3. The fourth-order valence-electron chi connectivity index (χ4n) is 15.2. The molecule has 3 aliphatic rings. The minimum absolute atomic E-state index is 0.104. The smallest absolute Gasteiger partial charge is 0.0134 e. The van der Waals surface area contributed by atoms with E-state index < -0.39 is 7.92 Å². The summed E-state index contributed by atoms with van der Waals surface area (Å²) in [6.07, 6.45) is 58.4. The van der Waals surface area contributed by atoms with Gasteiger partial charge in [0.1, 0.15) is 0 Å². The van der Waals surface area contributed by atoms with Gasteiger partial charge in [-0.2, -0.15) is 0 Å². The van der Waals surface area contributed by atoms with Gasteiger partial charge in [-0.3, -0.25) is 0 Å². The van der Waals surface area contributed by atoms with Crippen molar-refractivity contribution in [1.29, 1.82) is 0 Å². The molecule has 3 fully saturated rings. The van der Waals surface area contributed by atoms with Crippen LogP contribution in [0.4, 0.5) is 0 Å². The first kappa shape index (κ1) is 123. The fraction of sp³-hybridized carbons (Fsp3) is 0.769. The van der Waals surface area contributed by atoms with E-state index in [1.807, 2.05) is 0 Å². The van der Waals surface area contributed by atoms with Crippen LogP contribution in [0.15, 0.2) is 121 Å². The second-order valence-electron chi connectivity index (χ2n) is 35.6. The Morgan fingerprint density at radius 1 is 0.278 bits per heavy atom. The predicted molar refractivity (Wildman–Crippen MR) is 581 cm³/mol. The van der Waals surface area contributed by atoms with Crippen molar-refractivity contribution in [1.82, 2.24) is 0 Å². The second-order valence-corrected chi connectivity index (χ2v) is 66.7. The molecule has 0 N–H and O–H groups in total. The normalized spacial score (nSPS) is 13.9. The van der Waals surface area contributed by atoms with E-state index in [2.05, 4.69) is 341 Å². The van der Waals surface area contributed by atoms with Gasteiger partial charge in [-0.05, 0) is 284 Å². The van der Waals surface area contributed by atoms with Crippen LogP contribution in [-0.2, 0) is 0 Å². The highest BCUT2D eigenvalue weighted by Gasteiger charge is 2.36. The zero-order valence-electron chi connectivity index (χ0n) is 83.2. The Morgan fingerprint density at radius 2 is 0.522 bits per heavy atom. The molecule has 0 heterocycles. The van der Waals surface area contributed by atoms with E-state index in [0.29, 0.717) is 63.4 Å². The minimum Gasteiger partial charge on any atom is -0.116 e. The van der Waals surface area contributed by atoms with Crippen LogP contribution in [0.2, 0.25) is 0 Å². The number of unbranched alkanes of at least 4 members (excludes halogenated alkanes) is 3. The Bertz CT molecular complexity index is 2260. The lowest BCUT2D eigenvalue weighted by atomic mass is 9.99. The van der Waals surface area contributed by atoms with Crippen LogP contribution in [0.25, 0.3) is 0 Å². The van der Waals surface area contributed by atoms with E-state index in [1.54, 1.807) is 95.5 Å². The van der Waals surface area contributed by atoms with Gasteiger partial charge in [0.15, 0.2) is 0 Å². The third-order valence-corrected chi connectivity index (χ3v) is 48.5. The summed E-state index contributed by atoms with van der Waals surface area (Å²) in [5.74, 6) is 2.68. The highest BCUT2D eigenvalue weighted by atomic mass is 31.1. The molecule has 0 aliphatic heterocycles. The first-order valence-corrected chi connectivity index (χ1v) is 69.5. The summed E-state index contributed by atoms with van der Waals surface area (Å²) in [7, 11) is 3.14. The van der Waals surface area contributed by atoms with Crippen molar-refractivity contribution in [3.8, 4) is 0 Å². The molecule has 11 heteroatoms. The molecular weight excluding hydrogens is 1590 g/mol. The lowest BCUT2D eigenvalue weighted by Crippen LogP contribution is -2.28. The molecule has 0 aromatic heterocycles. The van der Waals surface area contributed by atoms with E-state index in [9.17, 15) is 0 Å². The molecule has 0 unspecified atom stereocenters. The zero-order chi connectivity index (χ0) is 87.6. The summed E-state index contributed by atoms with van der Waals surface area (Å²) in [6, 6.07) is 42.9. The van der Waals surface area contributed by atoms with Gasteiger partial charge in [0.05, 0.1) is 0 Å². The van der Waals surface area contributed by atoms with E-state index in [4.69, 9.17) is 0 Å². The molecule has 0 amide bonds. The molecule has 7 rings (SSSR count). The summed E-state index contributed by atoms with van der Waals surface area (Å²) in [4.78, 5) is 0. The molecule has 4 aromatic carbocycles. The molecular formula is C104H203P11. The largest absolute Gasteiger partial charge is 0.116 e. The SMILES string of the molecule is C1CCC(P(C2CCCCC2)C2CCCCC2)CC1.CC(C)CP(CC(C)C)CC(C)C.CC(C)P(C(C)C)C(C)C.CCCCP(CCCC)CCCC.CCCP(CCC)CCC.CCP(C)C.CCP(C)CC.CCP(CC)CC.CP(C)C.CP(C)c1ccccc1.c1ccc(P(c2ccccc2)c2ccccc2)cc1. The summed E-state index contributed by atoms with van der Waals surface area (Å²) < 4.78 is 0. The first-order chi connectivity index (χ1) is 54.9. The highest BCUT2D eigenvalue weighted by Crippen LogP contribution is 2.62. The minimum atomic E-state index is -0.446. The number of hydrogen-bond donors (Lipinski definition) is 0. The van der Waals surface area contributed by atoms with Gasteiger partial charge < -0.3 is 0 Å². The average Bonchev–Trinajstić information content (AvgIpc) is 0.826. The van der Waals surface area contributed by atoms with Crippen molar-refractivity contribution in [3.05, 3.63) is 121 Å². The van der Waals surface area contributed by atoms with Crippen molar-refractivity contribution < 1.29 is 0 Å². The van der Waals surface area contributed by atoms with Gasteiger partial charge in [0.25, 0.3) is 0 Å². The molecule has 0 nitrogen and oxygen atoms in total. The Morgan fingerprint density at radius 3 is 0.678 bits per heavy atom. The van der Waals surface area contributed by atoms with E-state index in [-0.39, 0.29) is 15.8 Å². The van der Waals surface area contributed by atoms with Gasteiger partial charge >= 0.3 is 0 Å². The molecule has 0 saturated heterocycles. The number of hydrogen-bond acceptors (Lipinski definition) is 0. The molecule has 115 heavy (non-hydrogen) atoms. The molecule has 3 saturated carbocycles. The first-order valence-electron chi connectivity index (χ1n) is 48.0. The van der Waals surface area contributed by atoms with Crippen LogP contribution >= 0.6 is 87.1 Å². The zero-order valence-corrected chi connectivity index (χ0v) is 93.1. The molecule has 0 radical (unpaired) electrons. The molecule has 0 bridgehead atoms. The van der Waals surface area contributed by atoms with Crippen LogP contribution in [0, 0.1) is 17.8 Å². The summed E-state index contributed by atoms with van der Waals surface area (Å²) in [5.41, 5.74) is 6.26. The number of benzene rings is 4. The van der Waals surface area contributed by atoms with Crippen molar-refractivity contribution in [2.75, 3.05) is 146 Å². The second kappa shape index (κ2) is 86.4. The summed E-state index contributed by atoms with van der Waals surface area (Å²) >= 11 is 0. The van der Waals surface area contributed by atoms with Crippen molar-refractivity contribution in [2.24, 2.45) is 17.8 Å². The van der Waals surface area contributed by atoms with Crippen molar-refractivity contribution in [2.45, 2.75) is 354 Å². The average molecular weight is 1790 g/mol. The molecule has 674 valence electrons. The van der Waals surface area contributed by atoms with E-state index in [0.717, 1.165) is 34.7 Å². The van der Waals surface area contributed by atoms with Gasteiger partial charge in [-0.15, -0.1) is 55.5 Å². The third-order valence-electron chi connectivity index (χ3n) is 21.1. The van der Waals surface area contributed by atoms with Crippen molar-refractivity contribution >= 4 is 108 Å². The number of rotatable bonds is 37. The topological polar surface area (TPSA) is 0 Å². The van der Waals surface area contributed by atoms with Gasteiger partial charge in [0.2, 0.25) is 0 Å². The van der Waals surface area contributed by atoms with Gasteiger partial charge in [0, 0.05) is 0 Å². The standard InChI is InChI=1S/C18H33P.C18H15P.2C12H27P.2C9H21P.C8H11P.C6H15P.C5H13P.C4H11P.C3H9P/c2*1-4-10-16(11-5-1)19(17-12-6-2-7-13-17)18-14-8-3-9-15-18;1-10(2)7-13(8-11(3)4)9-12(5)6;1-4-7-10-13(11-8-5-2)12-9-6-3;1-7(2)10(8(3)4)9(5)6;1-4-7-10(8-5-2)9-6-3;1-9(2)8-6-4-3-5-7-8;1-4-7(5-2)6-3;1-4-6(3)5-2;1-4-5(2)3;1-4(2)3/h16-18H,1-15H2;1-15H;10-12H,7-9H2,1-6H3;4-12H2,1-3H3;7-9H,1-6H3;4-9H2,1-3H3;3-7H,1-2H3;4-6H2,1-3H3;4-5H2,1-3H3;4H2,1-3H3;1-3H3. The van der Waals surface area contributed by atoms with Crippen LogP contribution in [0.5, 0.6) is 0 Å². The molecule has 0 spiro atoms. The Kier molecular flexibility index (Phi) is 92.3. The maximum absolute atomic E-state index is 2.36. The van der Waals surface area contributed by atoms with E-state index in [1.165, 1.54) is 189 Å². The summed E-state index contributed by atoms with van der Waals surface area (Å²) in [6.45, 7) is 73.9. The predicted octanol–water partition coefficient (Wildman–Crippen LogP) is 36.4. The van der Waals surface area contributed by atoms with E-state index >= 15 is 0 Å². The quantitative estimate of drug-likeness (QED) is 0.0395. The van der Waals surface area contributed by atoms with Crippen LogP contribution in [0.1, 0.15) is 320 Å². The lowest BCUT2D eigenvalue weighted by Gasteiger charge is -2.44. The Balaban J connectivity index is -0.000000607. The molecule has 0 atom stereocenters. The monoisotopic (exact) mass is 1790 g/mol. The third kappa shape index (κ3) is 73.4. The highest BCUT2D eigenvalue weighted by molar-refractivity contribution is 7.79. The molecule has 3 aliphatic carbocycles. The van der Waals surface area contributed by atoms with Crippen molar-refractivity contribution in [3.63, 3.8) is 0 Å². The van der Waals surface area contributed by atoms with Gasteiger partial charge in [-0.25, -0.2) is 0 Å². The van der Waals surface area contributed by atoms with Crippen LogP contribution < -0.4 is 21.2 Å². The molecule has 4 aromatic rings. The van der Waals surface area contributed by atoms with Gasteiger partial charge in [-0.1, -0.05) is 408 Å². The Labute approximate surface area is 741 Å². The maximum atomic E-state index is 2.36. The van der Waals surface area contributed by atoms with Crippen LogP contribution in [0.3, 0.4) is 0 Å². The van der Waals surface area contributed by atoms with Crippen LogP contribution in [-0.4, -0.2) is 180 Å². The lowest BCUT2D eigenvalue weighted by molar-refractivity contribution is 0.460.